The molecular weight excluding hydrogens is 262 g/mol. The van der Waals surface area contributed by atoms with Crippen LogP contribution in [-0.4, -0.2) is 20.5 Å². The molecule has 19 heavy (non-hydrogen) atoms. The van der Waals surface area contributed by atoms with Crippen LogP contribution in [0.3, 0.4) is 0 Å². The Morgan fingerprint density at radius 3 is 2.63 bits per heavy atom. The first-order valence-corrected chi connectivity index (χ1v) is 7.45. The molecule has 0 N–H and O–H groups in total. The van der Waals surface area contributed by atoms with Crippen molar-refractivity contribution in [2.75, 3.05) is 7.11 Å². The van der Waals surface area contributed by atoms with Crippen LogP contribution in [0.1, 0.15) is 11.1 Å². The van der Waals surface area contributed by atoms with Crippen molar-refractivity contribution in [2.45, 2.75) is 17.7 Å². The van der Waals surface area contributed by atoms with E-state index in [1.54, 1.807) is 18.2 Å². The summed E-state index contributed by atoms with van der Waals surface area (Å²) in [5.41, 5.74) is 1.64. The average Bonchev–Trinajstić information content (AvgIpc) is 2.39. The molecule has 2 aromatic rings. The van der Waals surface area contributed by atoms with E-state index in [4.69, 9.17) is 4.74 Å². The molecule has 1 aromatic carbocycles. The molecule has 0 fully saturated rings. The van der Waals surface area contributed by atoms with E-state index in [2.05, 4.69) is 4.98 Å². The van der Waals surface area contributed by atoms with Gasteiger partial charge in [0.05, 0.1) is 12.9 Å². The summed E-state index contributed by atoms with van der Waals surface area (Å²) >= 11 is 0. The first-order chi connectivity index (χ1) is 9.03. The average molecular weight is 277 g/mol. The Hall–Kier alpha value is -1.88. The fraction of sp³-hybridized carbons (Fsp3) is 0.214. The second-order valence-corrected chi connectivity index (χ2v) is 6.18. The Labute approximate surface area is 113 Å². The van der Waals surface area contributed by atoms with Crippen molar-refractivity contribution < 1.29 is 13.2 Å². The van der Waals surface area contributed by atoms with Gasteiger partial charge in [0, 0.05) is 11.8 Å². The highest BCUT2D eigenvalue weighted by Crippen LogP contribution is 2.24. The van der Waals surface area contributed by atoms with Gasteiger partial charge in [-0.25, -0.2) is 13.4 Å². The van der Waals surface area contributed by atoms with Gasteiger partial charge in [-0.3, -0.25) is 0 Å². The molecule has 100 valence electrons. The smallest absolute Gasteiger partial charge is 0.199 e. The third-order valence-electron chi connectivity index (χ3n) is 2.74. The van der Waals surface area contributed by atoms with E-state index < -0.39 is 9.84 Å². The summed E-state index contributed by atoms with van der Waals surface area (Å²) in [7, 11) is -1.92. The number of hydrogen-bond donors (Lipinski definition) is 0. The summed E-state index contributed by atoms with van der Waals surface area (Å²) in [4.78, 5) is 3.90. The molecular formula is C14H15NO3S. The number of aryl methyl sites for hydroxylation is 1. The van der Waals surface area contributed by atoms with Gasteiger partial charge in [-0.05, 0) is 25.1 Å². The number of methoxy groups -OCH3 is 1. The molecule has 1 heterocycles. The highest BCUT2D eigenvalue weighted by molar-refractivity contribution is 7.90. The number of nitrogens with zero attached hydrogens (tertiary/aromatic N) is 1. The van der Waals surface area contributed by atoms with Crippen LogP contribution in [0.2, 0.25) is 0 Å². The van der Waals surface area contributed by atoms with E-state index >= 15 is 0 Å². The molecule has 0 aliphatic heterocycles. The lowest BCUT2D eigenvalue weighted by molar-refractivity contribution is 0.411. The van der Waals surface area contributed by atoms with Crippen LogP contribution in [0.4, 0.5) is 0 Å². The van der Waals surface area contributed by atoms with Gasteiger partial charge in [-0.15, -0.1) is 0 Å². The van der Waals surface area contributed by atoms with E-state index in [1.807, 2.05) is 19.1 Å². The largest absolute Gasteiger partial charge is 0.496 e. The fourth-order valence-corrected chi connectivity index (χ4v) is 3.12. The third kappa shape index (κ3) is 3.12. The number of hydrogen-bond acceptors (Lipinski definition) is 4. The van der Waals surface area contributed by atoms with Gasteiger partial charge in [0.15, 0.2) is 14.9 Å². The van der Waals surface area contributed by atoms with E-state index in [1.165, 1.54) is 19.4 Å². The predicted octanol–water partition coefficient (Wildman–Crippen LogP) is 2.37. The van der Waals surface area contributed by atoms with Crippen LogP contribution >= 0.6 is 0 Å². The fourth-order valence-electron chi connectivity index (χ4n) is 1.83. The molecule has 0 radical (unpaired) electrons. The minimum Gasteiger partial charge on any atom is -0.496 e. The predicted molar refractivity (Wildman–Crippen MR) is 72.9 cm³/mol. The van der Waals surface area contributed by atoms with E-state index in [9.17, 15) is 8.42 Å². The van der Waals surface area contributed by atoms with Crippen molar-refractivity contribution in [3.8, 4) is 5.75 Å². The van der Waals surface area contributed by atoms with E-state index in [-0.39, 0.29) is 10.8 Å². The molecule has 2 rings (SSSR count). The van der Waals surface area contributed by atoms with Gasteiger partial charge < -0.3 is 4.74 Å². The Morgan fingerprint density at radius 2 is 2.00 bits per heavy atom. The van der Waals surface area contributed by atoms with Crippen LogP contribution in [0.25, 0.3) is 0 Å². The van der Waals surface area contributed by atoms with Crippen LogP contribution in [0, 0.1) is 6.92 Å². The summed E-state index contributed by atoms with van der Waals surface area (Å²) in [6.07, 6.45) is 1.47. The maximum Gasteiger partial charge on any atom is 0.199 e. The Balaban J connectivity index is 2.38. The zero-order chi connectivity index (χ0) is 13.9. The van der Waals surface area contributed by atoms with Crippen molar-refractivity contribution in [1.82, 2.24) is 4.98 Å². The van der Waals surface area contributed by atoms with Crippen molar-refractivity contribution in [3.05, 3.63) is 53.7 Å². The summed E-state index contributed by atoms with van der Waals surface area (Å²) in [6.45, 7) is 1.91. The van der Waals surface area contributed by atoms with Gasteiger partial charge >= 0.3 is 0 Å². The number of ether oxygens (including phenoxy) is 1. The molecule has 0 aliphatic carbocycles. The number of rotatable bonds is 4. The molecule has 0 bridgehead atoms. The van der Waals surface area contributed by atoms with Gasteiger partial charge in [-0.2, -0.15) is 0 Å². The molecule has 0 saturated heterocycles. The van der Waals surface area contributed by atoms with Gasteiger partial charge in [0.25, 0.3) is 0 Å². The number of sulfone groups is 1. The van der Waals surface area contributed by atoms with Crippen molar-refractivity contribution in [3.63, 3.8) is 0 Å². The van der Waals surface area contributed by atoms with Gasteiger partial charge in [-0.1, -0.05) is 23.8 Å². The highest BCUT2D eigenvalue weighted by atomic mass is 32.2. The number of pyridine rings is 1. The normalized spacial score (nSPS) is 11.3. The first-order valence-electron chi connectivity index (χ1n) is 5.80. The second kappa shape index (κ2) is 5.40. The lowest BCUT2D eigenvalue weighted by Gasteiger charge is -2.09. The minimum atomic E-state index is -3.45. The maximum absolute atomic E-state index is 12.3. The standard InChI is InChI=1S/C14H15NO3S/c1-11-6-7-13(18-2)12(9-11)10-19(16,17)14-5-3-4-8-15-14/h3-9H,10H2,1-2H3. The summed E-state index contributed by atoms with van der Waals surface area (Å²) in [6, 6.07) is 10.3. The monoisotopic (exact) mass is 277 g/mol. The molecule has 0 spiro atoms. The molecule has 5 heteroatoms. The molecule has 0 amide bonds. The topological polar surface area (TPSA) is 56.3 Å². The first kappa shape index (κ1) is 13.5. The van der Waals surface area contributed by atoms with Gasteiger partial charge in [0.1, 0.15) is 5.75 Å². The lowest BCUT2D eigenvalue weighted by Crippen LogP contribution is -2.08. The zero-order valence-electron chi connectivity index (χ0n) is 10.8. The second-order valence-electron chi connectivity index (χ2n) is 4.24. The molecule has 1 aromatic heterocycles. The molecule has 0 saturated carbocycles. The third-order valence-corrected chi connectivity index (χ3v) is 4.31. The summed E-state index contributed by atoms with van der Waals surface area (Å²) in [5, 5.41) is 0.0820. The quantitative estimate of drug-likeness (QED) is 0.861. The van der Waals surface area contributed by atoms with Crippen LogP contribution in [-0.2, 0) is 15.6 Å². The van der Waals surface area contributed by atoms with Crippen LogP contribution < -0.4 is 4.74 Å². The zero-order valence-corrected chi connectivity index (χ0v) is 11.6. The lowest BCUT2D eigenvalue weighted by atomic mass is 10.1. The molecule has 0 atom stereocenters. The Kier molecular flexibility index (Phi) is 3.85. The summed E-state index contributed by atoms with van der Waals surface area (Å²) in [5.74, 6) is 0.458. The highest BCUT2D eigenvalue weighted by Gasteiger charge is 2.18. The Morgan fingerprint density at radius 1 is 1.21 bits per heavy atom. The van der Waals surface area contributed by atoms with Crippen LogP contribution in [0.15, 0.2) is 47.6 Å². The molecule has 4 nitrogen and oxygen atoms in total. The SMILES string of the molecule is COc1ccc(C)cc1CS(=O)(=O)c1ccccn1. The number of aromatic nitrogens is 1. The maximum atomic E-state index is 12.3. The van der Waals surface area contributed by atoms with Crippen molar-refractivity contribution >= 4 is 9.84 Å². The number of benzene rings is 1. The van der Waals surface area contributed by atoms with Gasteiger partial charge in [0.2, 0.25) is 0 Å². The van der Waals surface area contributed by atoms with Crippen LogP contribution in [0.5, 0.6) is 5.75 Å². The van der Waals surface area contributed by atoms with E-state index in [0.717, 1.165) is 5.56 Å². The minimum absolute atomic E-state index is 0.0820. The molecule has 0 aliphatic rings. The van der Waals surface area contributed by atoms with Crippen molar-refractivity contribution in [2.24, 2.45) is 0 Å². The molecule has 0 unspecified atom stereocenters. The Bertz CT molecular complexity index is 666. The summed E-state index contributed by atoms with van der Waals surface area (Å²) < 4.78 is 29.7. The van der Waals surface area contributed by atoms with E-state index in [0.29, 0.717) is 11.3 Å². The van der Waals surface area contributed by atoms with Crippen molar-refractivity contribution in [1.29, 1.82) is 0 Å².